The molecule has 0 radical (unpaired) electrons. The lowest BCUT2D eigenvalue weighted by atomic mass is 10.2. The fraction of sp³-hybridized carbons (Fsp3) is 0.357. The van der Waals surface area contributed by atoms with Crippen LogP contribution in [0.3, 0.4) is 0 Å². The Hall–Kier alpha value is -1.99. The van der Waals surface area contributed by atoms with E-state index in [2.05, 4.69) is 19.8 Å². The molecule has 1 aliphatic heterocycles. The zero-order chi connectivity index (χ0) is 14.7. The molecule has 1 aromatic carbocycles. The zero-order valence-corrected chi connectivity index (χ0v) is 12.5. The number of ether oxygens (including phenoxy) is 1. The number of morpholine rings is 1. The van der Waals surface area contributed by atoms with Gasteiger partial charge in [-0.1, -0.05) is 16.6 Å². The largest absolute Gasteiger partial charge is 0.378 e. The maximum absolute atomic E-state index is 12.3. The third-order valence-electron chi connectivity index (χ3n) is 3.36. The van der Waals surface area contributed by atoms with Crippen LogP contribution in [0, 0.1) is 6.92 Å². The number of carbonyl (C=O) groups excluding carboxylic acids is 1. The minimum absolute atomic E-state index is 0.164. The average molecular weight is 304 g/mol. The predicted molar refractivity (Wildman–Crippen MR) is 82.1 cm³/mol. The van der Waals surface area contributed by atoms with Crippen LogP contribution < -0.4 is 10.2 Å². The smallest absolute Gasteiger partial charge is 0.269 e. The van der Waals surface area contributed by atoms with Crippen molar-refractivity contribution in [3.63, 3.8) is 0 Å². The molecule has 0 aliphatic carbocycles. The first kappa shape index (κ1) is 14.0. The maximum atomic E-state index is 12.3. The van der Waals surface area contributed by atoms with Crippen LogP contribution in [-0.4, -0.2) is 41.8 Å². The van der Waals surface area contributed by atoms with E-state index in [-0.39, 0.29) is 5.91 Å². The molecule has 6 nitrogen and oxygen atoms in total. The molecule has 1 amide bonds. The van der Waals surface area contributed by atoms with Gasteiger partial charge < -0.3 is 15.0 Å². The van der Waals surface area contributed by atoms with Crippen molar-refractivity contribution in [2.24, 2.45) is 0 Å². The summed E-state index contributed by atoms with van der Waals surface area (Å²) < 4.78 is 9.17. The SMILES string of the molecule is Cc1nnsc1C(=O)Nc1ccccc1N1CCOCC1. The molecule has 1 aliphatic rings. The van der Waals surface area contributed by atoms with Crippen molar-refractivity contribution >= 4 is 28.8 Å². The molecule has 3 rings (SSSR count). The highest BCUT2D eigenvalue weighted by atomic mass is 32.1. The van der Waals surface area contributed by atoms with Gasteiger partial charge in [0, 0.05) is 13.1 Å². The number of benzene rings is 1. The third kappa shape index (κ3) is 3.03. The first-order valence-corrected chi connectivity index (χ1v) is 7.55. The van der Waals surface area contributed by atoms with Crippen LogP contribution in [0.25, 0.3) is 0 Å². The summed E-state index contributed by atoms with van der Waals surface area (Å²) in [5.41, 5.74) is 2.47. The van der Waals surface area contributed by atoms with Gasteiger partial charge in [-0.05, 0) is 30.6 Å². The maximum Gasteiger partial charge on any atom is 0.269 e. The Kier molecular flexibility index (Phi) is 4.12. The number of rotatable bonds is 3. The molecule has 2 aromatic rings. The van der Waals surface area contributed by atoms with E-state index in [1.807, 2.05) is 24.3 Å². The van der Waals surface area contributed by atoms with E-state index in [9.17, 15) is 4.79 Å². The highest BCUT2D eigenvalue weighted by Gasteiger charge is 2.18. The standard InChI is InChI=1S/C14H16N4O2S/c1-10-13(21-17-16-10)14(19)15-11-4-2-3-5-12(11)18-6-8-20-9-7-18/h2-5H,6-9H2,1H3,(H,15,19). The number of aromatic nitrogens is 2. The van der Waals surface area contributed by atoms with Crippen molar-refractivity contribution in [3.05, 3.63) is 34.8 Å². The zero-order valence-electron chi connectivity index (χ0n) is 11.7. The molecule has 0 unspecified atom stereocenters. The second kappa shape index (κ2) is 6.19. The molecule has 1 saturated heterocycles. The second-order valence-electron chi connectivity index (χ2n) is 4.76. The van der Waals surface area contributed by atoms with Crippen LogP contribution in [0.4, 0.5) is 11.4 Å². The molecule has 1 fully saturated rings. The van der Waals surface area contributed by atoms with Gasteiger partial charge in [0.25, 0.3) is 5.91 Å². The molecule has 0 spiro atoms. The van der Waals surface area contributed by atoms with E-state index >= 15 is 0 Å². The van der Waals surface area contributed by atoms with Crippen LogP contribution in [-0.2, 0) is 4.74 Å². The van der Waals surface area contributed by atoms with E-state index in [1.54, 1.807) is 6.92 Å². The number of nitrogens with zero attached hydrogens (tertiary/aromatic N) is 3. The van der Waals surface area contributed by atoms with Crippen molar-refractivity contribution in [3.8, 4) is 0 Å². The van der Waals surface area contributed by atoms with Crippen molar-refractivity contribution in [2.75, 3.05) is 36.5 Å². The average Bonchev–Trinajstić information content (AvgIpc) is 2.95. The molecule has 110 valence electrons. The molecule has 1 aromatic heterocycles. The first-order valence-electron chi connectivity index (χ1n) is 6.78. The van der Waals surface area contributed by atoms with Crippen LogP contribution >= 0.6 is 11.5 Å². The van der Waals surface area contributed by atoms with Crippen molar-refractivity contribution < 1.29 is 9.53 Å². The second-order valence-corrected chi connectivity index (χ2v) is 5.51. The number of carbonyl (C=O) groups is 1. The molecule has 0 saturated carbocycles. The van der Waals surface area contributed by atoms with E-state index in [1.165, 1.54) is 0 Å². The van der Waals surface area contributed by atoms with Crippen LogP contribution in [0.1, 0.15) is 15.4 Å². The van der Waals surface area contributed by atoms with Gasteiger partial charge in [0.05, 0.1) is 30.3 Å². The number of nitrogens with one attached hydrogen (secondary N) is 1. The lowest BCUT2D eigenvalue weighted by molar-refractivity contribution is 0.103. The third-order valence-corrected chi connectivity index (χ3v) is 4.19. The Morgan fingerprint density at radius 2 is 2.10 bits per heavy atom. The molecule has 0 bridgehead atoms. The summed E-state index contributed by atoms with van der Waals surface area (Å²) in [4.78, 5) is 15.1. The first-order chi connectivity index (χ1) is 10.3. The number of anilines is 2. The van der Waals surface area contributed by atoms with Crippen molar-refractivity contribution in [1.29, 1.82) is 0 Å². The van der Waals surface area contributed by atoms with Crippen molar-refractivity contribution in [1.82, 2.24) is 9.59 Å². The van der Waals surface area contributed by atoms with E-state index in [0.717, 1.165) is 36.0 Å². The van der Waals surface area contributed by atoms with Gasteiger partial charge in [0.2, 0.25) is 0 Å². The number of aryl methyl sites for hydroxylation is 1. The van der Waals surface area contributed by atoms with Gasteiger partial charge in [-0.15, -0.1) is 5.10 Å². The highest BCUT2D eigenvalue weighted by Crippen LogP contribution is 2.27. The Balaban J connectivity index is 1.82. The van der Waals surface area contributed by atoms with Gasteiger partial charge in [-0.3, -0.25) is 4.79 Å². The van der Waals surface area contributed by atoms with E-state index in [0.29, 0.717) is 23.8 Å². The number of hydrogen-bond acceptors (Lipinski definition) is 6. The fourth-order valence-corrected chi connectivity index (χ4v) is 2.83. The quantitative estimate of drug-likeness (QED) is 0.938. The summed E-state index contributed by atoms with van der Waals surface area (Å²) in [6, 6.07) is 7.81. The number of para-hydroxylation sites is 2. The van der Waals surface area contributed by atoms with Crippen LogP contribution in [0.2, 0.25) is 0 Å². The minimum atomic E-state index is -0.164. The topological polar surface area (TPSA) is 67.4 Å². The lowest BCUT2D eigenvalue weighted by Gasteiger charge is -2.30. The Bertz CT molecular complexity index is 637. The van der Waals surface area contributed by atoms with Gasteiger partial charge in [-0.2, -0.15) is 0 Å². The van der Waals surface area contributed by atoms with Gasteiger partial charge >= 0.3 is 0 Å². The van der Waals surface area contributed by atoms with Crippen molar-refractivity contribution in [2.45, 2.75) is 6.92 Å². The monoisotopic (exact) mass is 304 g/mol. The molecule has 0 atom stereocenters. The minimum Gasteiger partial charge on any atom is -0.378 e. The Morgan fingerprint density at radius 3 is 2.81 bits per heavy atom. The van der Waals surface area contributed by atoms with E-state index in [4.69, 9.17) is 4.74 Å². The summed E-state index contributed by atoms with van der Waals surface area (Å²) in [6.07, 6.45) is 0. The van der Waals surface area contributed by atoms with Gasteiger partial charge in [0.15, 0.2) is 0 Å². The summed E-state index contributed by atoms with van der Waals surface area (Å²) in [5, 5.41) is 6.83. The lowest BCUT2D eigenvalue weighted by Crippen LogP contribution is -2.36. The Morgan fingerprint density at radius 1 is 1.33 bits per heavy atom. The van der Waals surface area contributed by atoms with Gasteiger partial charge in [0.1, 0.15) is 4.88 Å². The molecule has 2 heterocycles. The molecule has 21 heavy (non-hydrogen) atoms. The normalized spacial score (nSPS) is 15.0. The van der Waals surface area contributed by atoms with Crippen LogP contribution in [0.5, 0.6) is 0 Å². The molecule has 1 N–H and O–H groups in total. The van der Waals surface area contributed by atoms with Gasteiger partial charge in [-0.25, -0.2) is 0 Å². The summed E-state index contributed by atoms with van der Waals surface area (Å²) in [7, 11) is 0. The number of amides is 1. The molecular formula is C14H16N4O2S. The highest BCUT2D eigenvalue weighted by molar-refractivity contribution is 7.08. The summed E-state index contributed by atoms with van der Waals surface area (Å²) >= 11 is 1.11. The predicted octanol–water partition coefficient (Wildman–Crippen LogP) is 1.94. The molecular weight excluding hydrogens is 288 g/mol. The Labute approximate surface area is 126 Å². The van der Waals surface area contributed by atoms with E-state index < -0.39 is 0 Å². The number of hydrogen-bond donors (Lipinski definition) is 1. The fourth-order valence-electron chi connectivity index (χ4n) is 2.28. The van der Waals surface area contributed by atoms with Crippen LogP contribution in [0.15, 0.2) is 24.3 Å². The molecule has 7 heteroatoms. The summed E-state index contributed by atoms with van der Waals surface area (Å²) in [5.74, 6) is -0.164. The summed E-state index contributed by atoms with van der Waals surface area (Å²) in [6.45, 7) is 4.86.